The van der Waals surface area contributed by atoms with E-state index in [-0.39, 0.29) is 5.02 Å². The predicted molar refractivity (Wildman–Crippen MR) is 108 cm³/mol. The van der Waals surface area contributed by atoms with Gasteiger partial charge >= 0.3 is 0 Å². The Labute approximate surface area is 166 Å². The molecule has 0 amide bonds. The maximum atomic E-state index is 11.7. The lowest BCUT2D eigenvalue weighted by molar-refractivity contribution is 0.287. The van der Waals surface area contributed by atoms with Crippen molar-refractivity contribution in [1.82, 2.24) is 10.2 Å². The zero-order chi connectivity index (χ0) is 19.2. The summed E-state index contributed by atoms with van der Waals surface area (Å²) in [7, 11) is 1.62. The van der Waals surface area contributed by atoms with Crippen molar-refractivity contribution in [3.05, 3.63) is 67.7 Å². The predicted octanol–water partition coefficient (Wildman–Crippen LogP) is 4.10. The molecule has 0 radical (unpaired) electrons. The highest BCUT2D eigenvalue weighted by molar-refractivity contribution is 7.09. The minimum atomic E-state index is -0.400. The van der Waals surface area contributed by atoms with E-state index in [4.69, 9.17) is 21.1 Å². The molecular formula is C19H20ClN3O3S. The average Bonchev–Trinajstić information content (AvgIpc) is 3.21. The third-order valence-corrected chi connectivity index (χ3v) is 5.27. The van der Waals surface area contributed by atoms with Gasteiger partial charge in [-0.3, -0.25) is 4.79 Å². The summed E-state index contributed by atoms with van der Waals surface area (Å²) in [5.41, 5.74) is 1.20. The second-order valence-corrected chi connectivity index (χ2v) is 7.18. The molecule has 0 fully saturated rings. The summed E-state index contributed by atoms with van der Waals surface area (Å²) in [5, 5.41) is 8.33. The van der Waals surface area contributed by atoms with Gasteiger partial charge in [-0.1, -0.05) is 23.7 Å². The Morgan fingerprint density at radius 3 is 2.85 bits per heavy atom. The van der Waals surface area contributed by atoms with Gasteiger partial charge in [0.1, 0.15) is 11.6 Å². The van der Waals surface area contributed by atoms with Crippen LogP contribution in [0.5, 0.6) is 11.5 Å². The molecule has 0 aliphatic heterocycles. The lowest BCUT2D eigenvalue weighted by Crippen LogP contribution is -2.25. The standard InChI is InChI=1S/C19H20ClN3O3S/c1-3-23(15-10-21-22-19(24)18(15)20)11-13-6-7-16(17(9-13)25-2)26-12-14-5-4-8-27-14/h4-10H,3,11-12H2,1-2H3,(H,22,24). The first kappa shape index (κ1) is 19.3. The third-order valence-electron chi connectivity index (χ3n) is 4.05. The lowest BCUT2D eigenvalue weighted by Gasteiger charge is -2.23. The zero-order valence-electron chi connectivity index (χ0n) is 15.1. The van der Waals surface area contributed by atoms with Gasteiger partial charge in [0.2, 0.25) is 0 Å². The Hall–Kier alpha value is -2.51. The molecule has 1 N–H and O–H groups in total. The fourth-order valence-corrected chi connectivity index (χ4v) is 3.48. The molecule has 0 saturated carbocycles. The van der Waals surface area contributed by atoms with Gasteiger partial charge < -0.3 is 14.4 Å². The monoisotopic (exact) mass is 405 g/mol. The van der Waals surface area contributed by atoms with E-state index in [1.54, 1.807) is 24.6 Å². The molecule has 2 aromatic heterocycles. The van der Waals surface area contributed by atoms with Crippen LogP contribution >= 0.6 is 22.9 Å². The quantitative estimate of drug-likeness (QED) is 0.611. The van der Waals surface area contributed by atoms with Crippen LogP contribution < -0.4 is 19.9 Å². The fourth-order valence-electron chi connectivity index (χ4n) is 2.66. The Kier molecular flexibility index (Phi) is 6.36. The number of nitrogens with zero attached hydrogens (tertiary/aromatic N) is 2. The van der Waals surface area contributed by atoms with Gasteiger partial charge in [0, 0.05) is 18.0 Å². The van der Waals surface area contributed by atoms with Crippen LogP contribution in [0.1, 0.15) is 17.4 Å². The number of anilines is 1. The minimum absolute atomic E-state index is 0.134. The highest BCUT2D eigenvalue weighted by Gasteiger charge is 2.14. The van der Waals surface area contributed by atoms with Crippen molar-refractivity contribution in [2.24, 2.45) is 0 Å². The van der Waals surface area contributed by atoms with Gasteiger partial charge in [-0.15, -0.1) is 11.3 Å². The number of H-pyrrole nitrogens is 1. The Morgan fingerprint density at radius 2 is 2.15 bits per heavy atom. The summed E-state index contributed by atoms with van der Waals surface area (Å²) in [6.07, 6.45) is 1.56. The lowest BCUT2D eigenvalue weighted by atomic mass is 10.1. The Balaban J connectivity index is 1.77. The smallest absolute Gasteiger partial charge is 0.285 e. The number of benzene rings is 1. The molecule has 142 valence electrons. The number of hydrogen-bond acceptors (Lipinski definition) is 6. The Morgan fingerprint density at radius 1 is 1.30 bits per heavy atom. The van der Waals surface area contributed by atoms with E-state index in [0.717, 1.165) is 10.4 Å². The second kappa shape index (κ2) is 8.92. The molecule has 8 heteroatoms. The average molecular weight is 406 g/mol. The maximum Gasteiger partial charge on any atom is 0.285 e. The number of methoxy groups -OCH3 is 1. The van der Waals surface area contributed by atoms with Crippen molar-refractivity contribution in [2.75, 3.05) is 18.6 Å². The molecule has 0 atom stereocenters. The van der Waals surface area contributed by atoms with Gasteiger partial charge in [0.25, 0.3) is 5.56 Å². The molecule has 0 bridgehead atoms. The van der Waals surface area contributed by atoms with Crippen molar-refractivity contribution in [2.45, 2.75) is 20.1 Å². The van der Waals surface area contributed by atoms with E-state index in [1.165, 1.54) is 0 Å². The summed E-state index contributed by atoms with van der Waals surface area (Å²) < 4.78 is 11.4. The van der Waals surface area contributed by atoms with Gasteiger partial charge in [0.15, 0.2) is 11.5 Å². The van der Waals surface area contributed by atoms with Crippen LogP contribution in [0.15, 0.2) is 46.7 Å². The molecule has 1 aromatic carbocycles. The number of aromatic nitrogens is 2. The van der Waals surface area contributed by atoms with E-state index in [2.05, 4.69) is 10.2 Å². The number of thiophene rings is 1. The molecule has 3 rings (SSSR count). The number of ether oxygens (including phenoxy) is 2. The van der Waals surface area contributed by atoms with Crippen LogP contribution in [-0.2, 0) is 13.2 Å². The normalized spacial score (nSPS) is 10.6. The highest BCUT2D eigenvalue weighted by atomic mass is 35.5. The second-order valence-electron chi connectivity index (χ2n) is 5.77. The van der Waals surface area contributed by atoms with Crippen molar-refractivity contribution in [3.63, 3.8) is 0 Å². The Bertz CT molecular complexity index is 944. The van der Waals surface area contributed by atoms with E-state index in [0.29, 0.717) is 36.9 Å². The van der Waals surface area contributed by atoms with Crippen LogP contribution in [0.3, 0.4) is 0 Å². The zero-order valence-corrected chi connectivity index (χ0v) is 16.6. The van der Waals surface area contributed by atoms with E-state index in [1.807, 2.05) is 47.5 Å². The first-order valence-corrected chi connectivity index (χ1v) is 9.68. The van der Waals surface area contributed by atoms with Gasteiger partial charge in [-0.2, -0.15) is 5.10 Å². The maximum absolute atomic E-state index is 11.7. The van der Waals surface area contributed by atoms with Crippen LogP contribution in [0.2, 0.25) is 5.02 Å². The molecule has 6 nitrogen and oxygen atoms in total. The van der Waals surface area contributed by atoms with Gasteiger partial charge in [-0.05, 0) is 36.1 Å². The molecule has 0 spiro atoms. The molecule has 0 aliphatic rings. The molecule has 2 heterocycles. The van der Waals surface area contributed by atoms with Crippen LogP contribution in [0, 0.1) is 0 Å². The van der Waals surface area contributed by atoms with E-state index < -0.39 is 5.56 Å². The minimum Gasteiger partial charge on any atom is -0.493 e. The van der Waals surface area contributed by atoms with Crippen molar-refractivity contribution < 1.29 is 9.47 Å². The third kappa shape index (κ3) is 4.61. The molecule has 0 unspecified atom stereocenters. The molecular weight excluding hydrogens is 386 g/mol. The van der Waals surface area contributed by atoms with Crippen LogP contribution in [0.4, 0.5) is 5.69 Å². The first-order valence-electron chi connectivity index (χ1n) is 8.42. The van der Waals surface area contributed by atoms with E-state index in [9.17, 15) is 4.79 Å². The van der Waals surface area contributed by atoms with Crippen molar-refractivity contribution in [1.29, 1.82) is 0 Å². The first-order chi connectivity index (χ1) is 13.1. The number of halogens is 1. The SMILES string of the molecule is CCN(Cc1ccc(OCc2cccs2)c(OC)c1)c1cn[nH]c(=O)c1Cl. The summed E-state index contributed by atoms with van der Waals surface area (Å²) in [4.78, 5) is 14.8. The van der Waals surface area contributed by atoms with Crippen molar-refractivity contribution in [3.8, 4) is 11.5 Å². The van der Waals surface area contributed by atoms with Crippen LogP contribution in [-0.4, -0.2) is 23.9 Å². The van der Waals surface area contributed by atoms with E-state index >= 15 is 0 Å². The number of nitrogens with one attached hydrogen (secondary N) is 1. The largest absolute Gasteiger partial charge is 0.493 e. The summed E-state index contributed by atoms with van der Waals surface area (Å²) in [5.74, 6) is 1.35. The molecule has 0 aliphatic carbocycles. The van der Waals surface area contributed by atoms with Crippen molar-refractivity contribution >= 4 is 28.6 Å². The fraction of sp³-hybridized carbons (Fsp3) is 0.263. The molecule has 0 saturated heterocycles. The van der Waals surface area contributed by atoms with Gasteiger partial charge in [-0.25, -0.2) is 5.10 Å². The number of aromatic amines is 1. The number of rotatable bonds is 8. The number of hydrogen-bond donors (Lipinski definition) is 1. The van der Waals surface area contributed by atoms with Crippen LogP contribution in [0.25, 0.3) is 0 Å². The summed E-state index contributed by atoms with van der Waals surface area (Å²) >= 11 is 7.79. The highest BCUT2D eigenvalue weighted by Crippen LogP contribution is 2.31. The molecule has 27 heavy (non-hydrogen) atoms. The summed E-state index contributed by atoms with van der Waals surface area (Å²) in [6.45, 7) is 3.72. The summed E-state index contributed by atoms with van der Waals surface area (Å²) in [6, 6.07) is 9.83. The van der Waals surface area contributed by atoms with Gasteiger partial charge in [0.05, 0.1) is 19.0 Å². The molecule has 3 aromatic rings. The topological polar surface area (TPSA) is 67.5 Å².